The molecule has 25 heavy (non-hydrogen) atoms. The van der Waals surface area contributed by atoms with Gasteiger partial charge in [-0.3, -0.25) is 0 Å². The number of aromatic nitrogens is 1. The van der Waals surface area contributed by atoms with E-state index in [2.05, 4.69) is 15.2 Å². The van der Waals surface area contributed by atoms with E-state index >= 15 is 0 Å². The number of piperidine rings is 1. The van der Waals surface area contributed by atoms with Crippen LogP contribution in [0.2, 0.25) is 0 Å². The average molecular weight is 347 g/mol. The van der Waals surface area contributed by atoms with Crippen molar-refractivity contribution in [1.82, 2.24) is 10.3 Å². The Labute approximate surface area is 146 Å². The van der Waals surface area contributed by atoms with Crippen LogP contribution < -0.4 is 10.2 Å². The van der Waals surface area contributed by atoms with E-state index < -0.39 is 17.7 Å². The number of aliphatic hydroxyl groups is 1. The maximum absolute atomic E-state index is 13.7. The fraction of sp³-hybridized carbons (Fsp3) is 0.421. The zero-order valence-corrected chi connectivity index (χ0v) is 14.1. The molecule has 134 valence electrons. The van der Waals surface area contributed by atoms with Crippen molar-refractivity contribution in [3.63, 3.8) is 0 Å². The molecule has 0 amide bonds. The van der Waals surface area contributed by atoms with E-state index in [-0.39, 0.29) is 12.1 Å². The fourth-order valence-corrected chi connectivity index (χ4v) is 3.10. The summed E-state index contributed by atoms with van der Waals surface area (Å²) in [6.45, 7) is 2.72. The van der Waals surface area contributed by atoms with Crippen LogP contribution in [-0.4, -0.2) is 29.7 Å². The third-order valence-electron chi connectivity index (χ3n) is 4.47. The lowest BCUT2D eigenvalue weighted by Gasteiger charge is -2.28. The molecule has 4 nitrogen and oxygen atoms in total. The van der Waals surface area contributed by atoms with Gasteiger partial charge >= 0.3 is 0 Å². The van der Waals surface area contributed by atoms with Gasteiger partial charge in [-0.25, -0.2) is 13.8 Å². The smallest absolute Gasteiger partial charge is 0.129 e. The summed E-state index contributed by atoms with van der Waals surface area (Å²) in [6, 6.07) is 7.05. The van der Waals surface area contributed by atoms with Gasteiger partial charge in [0.05, 0.1) is 6.10 Å². The van der Waals surface area contributed by atoms with Crippen molar-refractivity contribution < 1.29 is 13.9 Å². The van der Waals surface area contributed by atoms with Crippen LogP contribution in [0.25, 0.3) is 0 Å². The highest BCUT2D eigenvalue weighted by Crippen LogP contribution is 2.19. The zero-order valence-electron chi connectivity index (χ0n) is 14.1. The van der Waals surface area contributed by atoms with Crippen LogP contribution in [0.1, 0.15) is 36.5 Å². The van der Waals surface area contributed by atoms with Crippen molar-refractivity contribution in [3.8, 4) is 0 Å². The largest absolute Gasteiger partial charge is 0.387 e. The second-order valence-electron chi connectivity index (χ2n) is 6.38. The number of nitrogens with one attached hydrogen (secondary N) is 1. The summed E-state index contributed by atoms with van der Waals surface area (Å²) in [6.07, 6.45) is 4.33. The Bertz CT molecular complexity index is 705. The summed E-state index contributed by atoms with van der Waals surface area (Å²) in [4.78, 5) is 6.71. The molecule has 1 aromatic heterocycles. The van der Waals surface area contributed by atoms with Gasteiger partial charge in [0.25, 0.3) is 0 Å². The highest BCUT2D eigenvalue weighted by atomic mass is 19.1. The van der Waals surface area contributed by atoms with E-state index in [1.165, 1.54) is 19.3 Å². The first-order valence-electron chi connectivity index (χ1n) is 8.67. The zero-order chi connectivity index (χ0) is 17.6. The normalized spacial score (nSPS) is 16.0. The molecule has 0 spiro atoms. The number of aliphatic hydroxyl groups excluding tert-OH is 1. The molecule has 1 saturated heterocycles. The Morgan fingerprint density at radius 1 is 1.12 bits per heavy atom. The molecule has 1 unspecified atom stereocenters. The Balaban J connectivity index is 1.55. The summed E-state index contributed by atoms with van der Waals surface area (Å²) < 4.78 is 26.9. The number of rotatable bonds is 6. The van der Waals surface area contributed by atoms with Gasteiger partial charge in [0.2, 0.25) is 0 Å². The minimum Gasteiger partial charge on any atom is -0.387 e. The van der Waals surface area contributed by atoms with Gasteiger partial charge in [0.15, 0.2) is 0 Å². The molecular formula is C19H23F2N3O. The molecule has 1 aliphatic rings. The molecule has 1 atom stereocenters. The molecule has 1 aromatic carbocycles. The number of benzene rings is 1. The molecule has 0 aliphatic carbocycles. The van der Waals surface area contributed by atoms with Crippen molar-refractivity contribution in [1.29, 1.82) is 0 Å². The number of anilines is 1. The number of nitrogens with zero attached hydrogens (tertiary/aromatic N) is 2. The number of hydrogen-bond acceptors (Lipinski definition) is 4. The quantitative estimate of drug-likeness (QED) is 0.843. The predicted octanol–water partition coefficient (Wildman–Crippen LogP) is 3.17. The monoisotopic (exact) mass is 347 g/mol. The molecule has 1 fully saturated rings. The number of hydrogen-bond donors (Lipinski definition) is 2. The first-order chi connectivity index (χ1) is 12.1. The highest BCUT2D eigenvalue weighted by molar-refractivity contribution is 5.41. The molecule has 6 heteroatoms. The highest BCUT2D eigenvalue weighted by Gasteiger charge is 2.14. The second-order valence-corrected chi connectivity index (χ2v) is 6.38. The minimum atomic E-state index is -1.10. The van der Waals surface area contributed by atoms with Crippen LogP contribution >= 0.6 is 0 Å². The Hall–Kier alpha value is -2.05. The van der Waals surface area contributed by atoms with Crippen molar-refractivity contribution in [3.05, 3.63) is 59.3 Å². The van der Waals surface area contributed by atoms with E-state index in [9.17, 15) is 13.9 Å². The van der Waals surface area contributed by atoms with Crippen molar-refractivity contribution >= 4 is 5.82 Å². The van der Waals surface area contributed by atoms with Gasteiger partial charge in [-0.1, -0.05) is 0 Å². The molecule has 1 aliphatic heterocycles. The Morgan fingerprint density at radius 3 is 2.72 bits per heavy atom. The predicted molar refractivity (Wildman–Crippen MR) is 93.3 cm³/mol. The van der Waals surface area contributed by atoms with E-state index in [1.807, 2.05) is 12.1 Å². The Kier molecular flexibility index (Phi) is 5.94. The van der Waals surface area contributed by atoms with Crippen LogP contribution in [0.5, 0.6) is 0 Å². The van der Waals surface area contributed by atoms with Gasteiger partial charge in [0.1, 0.15) is 17.5 Å². The van der Waals surface area contributed by atoms with Crippen LogP contribution in [-0.2, 0) is 6.54 Å². The maximum Gasteiger partial charge on any atom is 0.129 e. The summed E-state index contributed by atoms with van der Waals surface area (Å²) in [7, 11) is 0. The van der Waals surface area contributed by atoms with Crippen molar-refractivity contribution in [2.24, 2.45) is 0 Å². The van der Waals surface area contributed by atoms with Gasteiger partial charge < -0.3 is 15.3 Å². The van der Waals surface area contributed by atoms with Crippen molar-refractivity contribution in [2.75, 3.05) is 24.5 Å². The third kappa shape index (κ3) is 4.74. The van der Waals surface area contributed by atoms with E-state index in [0.717, 1.165) is 42.7 Å². The topological polar surface area (TPSA) is 48.4 Å². The molecule has 0 bridgehead atoms. The van der Waals surface area contributed by atoms with E-state index in [1.54, 1.807) is 6.20 Å². The van der Waals surface area contributed by atoms with Crippen LogP contribution in [0.15, 0.2) is 36.5 Å². The minimum absolute atomic E-state index is 0.0313. The summed E-state index contributed by atoms with van der Waals surface area (Å²) in [5.41, 5.74) is 1.01. The molecule has 3 rings (SSSR count). The van der Waals surface area contributed by atoms with E-state index in [0.29, 0.717) is 6.54 Å². The standard InChI is InChI=1S/C19H23F2N3O/c20-15-4-5-17(21)16(11-15)18(25)13-22-12-14-6-7-23-19(10-14)24-8-2-1-3-9-24/h4-7,10-11,18,22,25H,1-3,8-9,12-13H2. The molecule has 2 N–H and O–H groups in total. The maximum atomic E-state index is 13.7. The first kappa shape index (κ1) is 17.8. The van der Waals surface area contributed by atoms with E-state index in [4.69, 9.17) is 0 Å². The molecular weight excluding hydrogens is 324 g/mol. The van der Waals surface area contributed by atoms with Gasteiger partial charge in [-0.05, 0) is 55.2 Å². The van der Waals surface area contributed by atoms with Crippen LogP contribution in [0, 0.1) is 11.6 Å². The lowest BCUT2D eigenvalue weighted by molar-refractivity contribution is 0.169. The molecule has 2 heterocycles. The Morgan fingerprint density at radius 2 is 1.92 bits per heavy atom. The second kappa shape index (κ2) is 8.36. The summed E-state index contributed by atoms with van der Waals surface area (Å²) >= 11 is 0. The lowest BCUT2D eigenvalue weighted by atomic mass is 10.1. The number of pyridine rings is 1. The SMILES string of the molecule is OC(CNCc1ccnc(N2CCCCC2)c1)c1cc(F)ccc1F. The van der Waals surface area contributed by atoms with Crippen molar-refractivity contribution in [2.45, 2.75) is 31.9 Å². The van der Waals surface area contributed by atoms with Crippen LogP contribution in [0.4, 0.5) is 14.6 Å². The van der Waals surface area contributed by atoms with Gasteiger partial charge in [0, 0.05) is 37.9 Å². The van der Waals surface area contributed by atoms with Gasteiger partial charge in [-0.2, -0.15) is 0 Å². The fourth-order valence-electron chi connectivity index (χ4n) is 3.10. The molecule has 0 radical (unpaired) electrons. The summed E-state index contributed by atoms with van der Waals surface area (Å²) in [5.74, 6) is -0.196. The lowest BCUT2D eigenvalue weighted by Crippen LogP contribution is -2.30. The number of halogens is 2. The summed E-state index contributed by atoms with van der Waals surface area (Å²) in [5, 5.41) is 13.2. The molecule has 0 saturated carbocycles. The molecule has 2 aromatic rings. The average Bonchev–Trinajstić information content (AvgIpc) is 2.64. The van der Waals surface area contributed by atoms with Crippen LogP contribution in [0.3, 0.4) is 0 Å². The first-order valence-corrected chi connectivity index (χ1v) is 8.67. The van der Waals surface area contributed by atoms with Gasteiger partial charge in [-0.15, -0.1) is 0 Å². The third-order valence-corrected chi connectivity index (χ3v) is 4.47.